The van der Waals surface area contributed by atoms with Gasteiger partial charge in [0, 0.05) is 28.4 Å². The summed E-state index contributed by atoms with van der Waals surface area (Å²) in [5.74, 6) is -1.57. The summed E-state index contributed by atoms with van der Waals surface area (Å²) >= 11 is 6.20. The highest BCUT2D eigenvalue weighted by Crippen LogP contribution is 2.29. The van der Waals surface area contributed by atoms with Crippen LogP contribution in [0.4, 0.5) is 26.0 Å². The van der Waals surface area contributed by atoms with Gasteiger partial charge >= 0.3 is 0 Å². The molecule has 4 aromatic rings. The number of carbonyl (C=O) groups is 1. The Balaban J connectivity index is 1.69. The van der Waals surface area contributed by atoms with Gasteiger partial charge in [0.1, 0.15) is 17.5 Å². The van der Waals surface area contributed by atoms with Crippen molar-refractivity contribution in [3.8, 4) is 0 Å². The molecule has 0 fully saturated rings. The Hall–Kier alpha value is -3.51. The zero-order valence-electron chi connectivity index (χ0n) is 15.8. The van der Waals surface area contributed by atoms with Crippen LogP contribution in [0.5, 0.6) is 0 Å². The third-order valence-electron chi connectivity index (χ3n) is 4.65. The molecular formula is C23H16ClF2N3O. The van der Waals surface area contributed by atoms with Gasteiger partial charge in [0.25, 0.3) is 5.91 Å². The molecule has 0 aliphatic heterocycles. The zero-order valence-corrected chi connectivity index (χ0v) is 16.6. The Labute approximate surface area is 176 Å². The van der Waals surface area contributed by atoms with Gasteiger partial charge in [-0.2, -0.15) is 0 Å². The molecule has 4 rings (SSSR count). The van der Waals surface area contributed by atoms with Gasteiger partial charge in [-0.05, 0) is 42.1 Å². The van der Waals surface area contributed by atoms with Crippen molar-refractivity contribution >= 4 is 45.5 Å². The fraction of sp³-hybridized carbons (Fsp3) is 0.0435. The average molecular weight is 424 g/mol. The molecule has 0 saturated carbocycles. The van der Waals surface area contributed by atoms with Gasteiger partial charge in [0.15, 0.2) is 0 Å². The van der Waals surface area contributed by atoms with Crippen molar-refractivity contribution in [1.82, 2.24) is 4.98 Å². The molecule has 0 spiro atoms. The second-order valence-corrected chi connectivity index (χ2v) is 7.14. The number of anilines is 3. The van der Waals surface area contributed by atoms with Crippen molar-refractivity contribution in [3.05, 3.63) is 94.6 Å². The van der Waals surface area contributed by atoms with Crippen LogP contribution in [0.25, 0.3) is 10.8 Å². The van der Waals surface area contributed by atoms with Crippen molar-refractivity contribution < 1.29 is 13.6 Å². The molecule has 0 atom stereocenters. The molecule has 4 nitrogen and oxygen atoms in total. The minimum Gasteiger partial charge on any atom is -0.340 e. The summed E-state index contributed by atoms with van der Waals surface area (Å²) < 4.78 is 27.0. The van der Waals surface area contributed by atoms with Gasteiger partial charge in [0.05, 0.1) is 11.3 Å². The Morgan fingerprint density at radius 1 is 1.00 bits per heavy atom. The number of fused-ring (bicyclic) bond motifs is 1. The number of halogens is 3. The first-order valence-corrected chi connectivity index (χ1v) is 9.47. The molecule has 1 amide bonds. The first kappa shape index (κ1) is 19.8. The smallest absolute Gasteiger partial charge is 0.257 e. The number of carbonyl (C=O) groups excluding carboxylic acids is 1. The molecule has 0 aliphatic carbocycles. The predicted octanol–water partition coefficient (Wildman–Crippen LogP) is 6.47. The number of pyridine rings is 1. The topological polar surface area (TPSA) is 54.0 Å². The van der Waals surface area contributed by atoms with Crippen LogP contribution >= 0.6 is 11.6 Å². The molecule has 0 saturated heterocycles. The van der Waals surface area contributed by atoms with Crippen LogP contribution in [0.2, 0.25) is 5.02 Å². The van der Waals surface area contributed by atoms with Crippen molar-refractivity contribution in [3.63, 3.8) is 0 Å². The number of nitrogens with zero attached hydrogens (tertiary/aromatic N) is 1. The summed E-state index contributed by atoms with van der Waals surface area (Å²) in [6.45, 7) is 1.91. The number of hydrogen-bond acceptors (Lipinski definition) is 3. The lowest BCUT2D eigenvalue weighted by Gasteiger charge is -2.13. The predicted molar refractivity (Wildman–Crippen MR) is 116 cm³/mol. The maximum absolute atomic E-state index is 13.9. The van der Waals surface area contributed by atoms with Crippen LogP contribution in [-0.2, 0) is 0 Å². The van der Waals surface area contributed by atoms with E-state index in [1.807, 2.05) is 31.2 Å². The maximum atomic E-state index is 13.9. The second kappa shape index (κ2) is 8.08. The molecule has 7 heteroatoms. The highest BCUT2D eigenvalue weighted by Gasteiger charge is 2.16. The maximum Gasteiger partial charge on any atom is 0.257 e. The average Bonchev–Trinajstić information content (AvgIpc) is 2.73. The molecule has 0 aliphatic rings. The number of rotatable bonds is 4. The molecule has 1 aromatic heterocycles. The van der Waals surface area contributed by atoms with E-state index in [9.17, 15) is 13.6 Å². The highest BCUT2D eigenvalue weighted by atomic mass is 35.5. The summed E-state index contributed by atoms with van der Waals surface area (Å²) in [4.78, 5) is 17.2. The van der Waals surface area contributed by atoms with E-state index in [0.29, 0.717) is 27.7 Å². The summed E-state index contributed by atoms with van der Waals surface area (Å²) in [6, 6.07) is 15.8. The van der Waals surface area contributed by atoms with Crippen molar-refractivity contribution in [2.75, 3.05) is 10.6 Å². The summed E-state index contributed by atoms with van der Waals surface area (Å²) in [5, 5.41) is 7.66. The van der Waals surface area contributed by atoms with E-state index < -0.39 is 17.5 Å². The molecule has 30 heavy (non-hydrogen) atoms. The molecule has 0 radical (unpaired) electrons. The van der Waals surface area contributed by atoms with Crippen LogP contribution in [0, 0.1) is 18.6 Å². The van der Waals surface area contributed by atoms with E-state index in [4.69, 9.17) is 11.6 Å². The monoisotopic (exact) mass is 423 g/mol. The molecule has 0 bridgehead atoms. The lowest BCUT2D eigenvalue weighted by atomic mass is 10.1. The minimum absolute atomic E-state index is 0.109. The molecular weight excluding hydrogens is 408 g/mol. The Bertz CT molecular complexity index is 1280. The van der Waals surface area contributed by atoms with Gasteiger partial charge in [-0.25, -0.2) is 13.8 Å². The van der Waals surface area contributed by atoms with Gasteiger partial charge in [0.2, 0.25) is 0 Å². The molecule has 2 N–H and O–H groups in total. The minimum atomic E-state index is -0.852. The normalized spacial score (nSPS) is 10.8. The lowest BCUT2D eigenvalue weighted by molar-refractivity contribution is 0.102. The highest BCUT2D eigenvalue weighted by molar-refractivity contribution is 6.31. The lowest BCUT2D eigenvalue weighted by Crippen LogP contribution is -2.14. The largest absolute Gasteiger partial charge is 0.340 e. The van der Waals surface area contributed by atoms with Gasteiger partial charge in [-0.3, -0.25) is 4.79 Å². The number of aryl methyl sites for hydroxylation is 1. The van der Waals surface area contributed by atoms with Crippen LogP contribution in [0.15, 0.2) is 66.9 Å². The summed E-state index contributed by atoms with van der Waals surface area (Å²) in [5.41, 5.74) is 1.87. The Morgan fingerprint density at radius 3 is 2.50 bits per heavy atom. The fourth-order valence-electron chi connectivity index (χ4n) is 3.06. The van der Waals surface area contributed by atoms with Crippen LogP contribution in [0.3, 0.4) is 0 Å². The number of hydrogen-bond donors (Lipinski definition) is 2. The first-order valence-electron chi connectivity index (χ1n) is 9.09. The number of aromatic nitrogens is 1. The van der Waals surface area contributed by atoms with Crippen molar-refractivity contribution in [1.29, 1.82) is 0 Å². The first-order chi connectivity index (χ1) is 14.4. The standard InChI is InChI=1S/C23H16ClF2N3O/c1-13-6-8-15(11-19(13)24)28-22-17-5-3-2-4-16(17)18(12-27-22)23(30)29-21-9-7-14(25)10-20(21)26/h2-12H,1H3,(H,27,28)(H,29,30). The Morgan fingerprint density at radius 2 is 1.77 bits per heavy atom. The van der Waals surface area contributed by atoms with E-state index in [1.165, 1.54) is 12.3 Å². The molecule has 0 unspecified atom stereocenters. The van der Waals surface area contributed by atoms with E-state index in [-0.39, 0.29) is 11.3 Å². The van der Waals surface area contributed by atoms with Crippen LogP contribution < -0.4 is 10.6 Å². The molecule has 3 aromatic carbocycles. The van der Waals surface area contributed by atoms with E-state index in [1.54, 1.807) is 18.2 Å². The van der Waals surface area contributed by atoms with Gasteiger partial charge in [-0.1, -0.05) is 41.9 Å². The third-order valence-corrected chi connectivity index (χ3v) is 5.06. The van der Waals surface area contributed by atoms with E-state index >= 15 is 0 Å². The van der Waals surface area contributed by atoms with Crippen molar-refractivity contribution in [2.24, 2.45) is 0 Å². The van der Waals surface area contributed by atoms with E-state index in [0.717, 1.165) is 17.3 Å². The van der Waals surface area contributed by atoms with Crippen LogP contribution in [0.1, 0.15) is 15.9 Å². The van der Waals surface area contributed by atoms with Crippen molar-refractivity contribution in [2.45, 2.75) is 6.92 Å². The number of benzene rings is 3. The van der Waals surface area contributed by atoms with E-state index in [2.05, 4.69) is 15.6 Å². The Kier molecular flexibility index (Phi) is 5.33. The quantitative estimate of drug-likeness (QED) is 0.395. The second-order valence-electron chi connectivity index (χ2n) is 6.73. The zero-order chi connectivity index (χ0) is 21.3. The SMILES string of the molecule is Cc1ccc(Nc2ncc(C(=O)Nc3ccc(F)cc3F)c3ccccc23)cc1Cl. The van der Waals surface area contributed by atoms with Gasteiger partial charge < -0.3 is 10.6 Å². The molecule has 150 valence electrons. The molecule has 1 heterocycles. The number of nitrogens with one attached hydrogen (secondary N) is 2. The number of amides is 1. The fourth-order valence-corrected chi connectivity index (χ4v) is 3.24. The summed E-state index contributed by atoms with van der Waals surface area (Å²) in [6.07, 6.45) is 1.41. The summed E-state index contributed by atoms with van der Waals surface area (Å²) in [7, 11) is 0. The van der Waals surface area contributed by atoms with Crippen LogP contribution in [-0.4, -0.2) is 10.9 Å². The van der Waals surface area contributed by atoms with Gasteiger partial charge in [-0.15, -0.1) is 0 Å². The third kappa shape index (κ3) is 3.95.